The zero-order valence-corrected chi connectivity index (χ0v) is 16.5. The lowest BCUT2D eigenvalue weighted by molar-refractivity contribution is -0.133. The molecule has 1 spiro atoms. The number of pyridine rings is 1. The predicted molar refractivity (Wildman–Crippen MR) is 111 cm³/mol. The molecule has 0 unspecified atom stereocenters. The minimum Gasteiger partial charge on any atom is -0.365 e. The molecular weight excluding hydrogens is 382 g/mol. The largest absolute Gasteiger partial charge is 0.365 e. The van der Waals surface area contributed by atoms with Gasteiger partial charge in [-0.05, 0) is 48.3 Å². The highest BCUT2D eigenvalue weighted by Crippen LogP contribution is 2.43. The minimum atomic E-state index is -0.635. The number of fused-ring (bicyclic) bond motifs is 2. The van der Waals surface area contributed by atoms with Crippen LogP contribution in [0, 0.1) is 0 Å². The summed E-state index contributed by atoms with van der Waals surface area (Å²) in [5, 5.41) is 8.52. The summed E-state index contributed by atoms with van der Waals surface area (Å²) in [4.78, 5) is 29.9. The van der Waals surface area contributed by atoms with Gasteiger partial charge in [-0.15, -0.1) is 0 Å². The third kappa shape index (κ3) is 4.17. The Kier molecular flexibility index (Phi) is 5.74. The van der Waals surface area contributed by atoms with Crippen LogP contribution in [0.2, 0.25) is 0 Å². The van der Waals surface area contributed by atoms with Crippen molar-refractivity contribution in [1.29, 1.82) is 0 Å². The van der Waals surface area contributed by atoms with Gasteiger partial charge in [0.25, 0.3) is 5.91 Å². The number of amides is 2. The lowest BCUT2D eigenvalue weighted by Gasteiger charge is -2.39. The molecule has 2 aromatic rings. The van der Waals surface area contributed by atoms with Crippen LogP contribution in [0.15, 0.2) is 54.6 Å². The van der Waals surface area contributed by atoms with Crippen molar-refractivity contribution in [2.75, 3.05) is 13.1 Å². The number of piperidine rings is 1. The molecule has 3 heterocycles. The summed E-state index contributed by atoms with van der Waals surface area (Å²) in [6.45, 7) is 1.93. The van der Waals surface area contributed by atoms with Gasteiger partial charge in [-0.25, -0.2) is 10.5 Å². The summed E-state index contributed by atoms with van der Waals surface area (Å²) in [5.74, 6) is -0.691. The minimum absolute atomic E-state index is 0.0569. The predicted octanol–water partition coefficient (Wildman–Crippen LogP) is 2.66. The summed E-state index contributed by atoms with van der Waals surface area (Å²) in [5.41, 5.74) is 4.92. The van der Waals surface area contributed by atoms with Crippen molar-refractivity contribution in [2.24, 2.45) is 0 Å². The van der Waals surface area contributed by atoms with Gasteiger partial charge in [-0.2, -0.15) is 0 Å². The van der Waals surface area contributed by atoms with E-state index in [1.165, 1.54) is 34.8 Å². The third-order valence-corrected chi connectivity index (χ3v) is 5.60. The lowest BCUT2D eigenvalue weighted by atomic mass is 9.84. The molecule has 0 bridgehead atoms. The number of nitrogens with zero attached hydrogens (tertiary/aromatic N) is 2. The number of likely N-dealkylation sites (tertiary alicyclic amines) is 1. The highest BCUT2D eigenvalue weighted by Gasteiger charge is 2.42. The van der Waals surface area contributed by atoms with E-state index in [1.807, 2.05) is 17.0 Å². The Morgan fingerprint density at radius 2 is 1.73 bits per heavy atom. The number of aromatic nitrogens is 1. The standard InChI is InChI=1S/C23H23N3O4/c27-21(25-29)10-8-18-5-3-6-19(24-18)9-11-22(28)26-14-12-23(13-15-26)20-7-2-1-4-17(20)16-30-23/h1-11,29H,12-16H2,(H,25,27)/b10-8+,11-9+. The topological polar surface area (TPSA) is 91.8 Å². The van der Waals surface area contributed by atoms with Crippen LogP contribution >= 0.6 is 0 Å². The molecule has 0 atom stereocenters. The molecule has 0 aliphatic carbocycles. The fourth-order valence-corrected chi connectivity index (χ4v) is 4.00. The zero-order valence-electron chi connectivity index (χ0n) is 16.5. The molecule has 154 valence electrons. The Hall–Kier alpha value is -3.29. The van der Waals surface area contributed by atoms with Crippen LogP contribution in [0.3, 0.4) is 0 Å². The molecule has 1 saturated heterocycles. The van der Waals surface area contributed by atoms with Crippen molar-refractivity contribution in [1.82, 2.24) is 15.4 Å². The summed E-state index contributed by atoms with van der Waals surface area (Å²) in [6.07, 6.45) is 7.42. The van der Waals surface area contributed by atoms with Crippen LogP contribution in [0.25, 0.3) is 12.2 Å². The molecule has 2 aliphatic rings. The molecule has 7 heteroatoms. The number of rotatable bonds is 4. The van der Waals surface area contributed by atoms with E-state index in [0.29, 0.717) is 31.1 Å². The second-order valence-electron chi connectivity index (χ2n) is 7.40. The molecule has 4 rings (SSSR count). The van der Waals surface area contributed by atoms with Crippen molar-refractivity contribution in [2.45, 2.75) is 25.0 Å². The van der Waals surface area contributed by atoms with Crippen LogP contribution in [0.1, 0.15) is 35.4 Å². The van der Waals surface area contributed by atoms with E-state index in [9.17, 15) is 9.59 Å². The van der Waals surface area contributed by atoms with Gasteiger partial charge in [-0.1, -0.05) is 30.3 Å². The number of carbonyl (C=O) groups excluding carboxylic acids is 2. The highest BCUT2D eigenvalue weighted by atomic mass is 16.5. The lowest BCUT2D eigenvalue weighted by Crippen LogP contribution is -2.44. The maximum atomic E-state index is 12.6. The third-order valence-electron chi connectivity index (χ3n) is 5.60. The van der Waals surface area contributed by atoms with Gasteiger partial charge in [0.05, 0.1) is 23.6 Å². The average Bonchev–Trinajstić information content (AvgIpc) is 3.15. The average molecular weight is 405 g/mol. The summed E-state index contributed by atoms with van der Waals surface area (Å²) in [6, 6.07) is 13.6. The molecule has 7 nitrogen and oxygen atoms in total. The van der Waals surface area contributed by atoms with Gasteiger partial charge in [0.1, 0.15) is 0 Å². The zero-order chi connectivity index (χ0) is 21.0. The normalized spacial score (nSPS) is 17.6. The van der Waals surface area contributed by atoms with Crippen LogP contribution in [0.4, 0.5) is 0 Å². The van der Waals surface area contributed by atoms with Crippen molar-refractivity contribution >= 4 is 24.0 Å². The van der Waals surface area contributed by atoms with Gasteiger partial charge in [0.2, 0.25) is 5.91 Å². The first-order valence-corrected chi connectivity index (χ1v) is 9.88. The van der Waals surface area contributed by atoms with Gasteiger partial charge >= 0.3 is 0 Å². The van der Waals surface area contributed by atoms with Gasteiger partial charge in [0.15, 0.2) is 0 Å². The van der Waals surface area contributed by atoms with E-state index in [4.69, 9.17) is 9.94 Å². The first-order chi connectivity index (χ1) is 14.6. The summed E-state index contributed by atoms with van der Waals surface area (Å²) < 4.78 is 6.15. The molecule has 0 saturated carbocycles. The van der Waals surface area contributed by atoms with Gasteiger partial charge in [0, 0.05) is 25.2 Å². The molecule has 1 aromatic heterocycles. The van der Waals surface area contributed by atoms with E-state index in [-0.39, 0.29) is 11.5 Å². The molecule has 2 amide bonds. The van der Waals surface area contributed by atoms with Crippen molar-refractivity contribution in [3.8, 4) is 0 Å². The van der Waals surface area contributed by atoms with E-state index >= 15 is 0 Å². The first-order valence-electron chi connectivity index (χ1n) is 9.88. The monoisotopic (exact) mass is 405 g/mol. The molecule has 2 N–H and O–H groups in total. The molecule has 1 aromatic carbocycles. The number of nitrogens with one attached hydrogen (secondary N) is 1. The number of carbonyl (C=O) groups is 2. The Labute approximate surface area is 174 Å². The second kappa shape index (κ2) is 8.61. The molecule has 30 heavy (non-hydrogen) atoms. The fourth-order valence-electron chi connectivity index (χ4n) is 4.00. The van der Waals surface area contributed by atoms with Crippen molar-refractivity contribution < 1.29 is 19.5 Å². The molecule has 2 aliphatic heterocycles. The molecular formula is C23H23N3O4. The Balaban J connectivity index is 1.37. The Bertz CT molecular complexity index is 1010. The Morgan fingerprint density at radius 3 is 2.47 bits per heavy atom. The van der Waals surface area contributed by atoms with E-state index < -0.39 is 5.91 Å². The number of hydrogen-bond donors (Lipinski definition) is 2. The van der Waals surface area contributed by atoms with Crippen LogP contribution in [0.5, 0.6) is 0 Å². The number of ether oxygens (including phenoxy) is 1. The number of benzene rings is 1. The molecule has 1 fully saturated rings. The van der Waals surface area contributed by atoms with Gasteiger partial charge in [-0.3, -0.25) is 14.8 Å². The highest BCUT2D eigenvalue weighted by molar-refractivity contribution is 5.92. The quantitative estimate of drug-likeness (QED) is 0.464. The van der Waals surface area contributed by atoms with E-state index in [0.717, 1.165) is 12.8 Å². The van der Waals surface area contributed by atoms with Gasteiger partial charge < -0.3 is 9.64 Å². The van der Waals surface area contributed by atoms with Crippen molar-refractivity contribution in [3.05, 3.63) is 77.1 Å². The van der Waals surface area contributed by atoms with Crippen LogP contribution < -0.4 is 5.48 Å². The SMILES string of the molecule is O=C(/C=C/c1cccc(/C=C/C(=O)N2CCC3(CC2)OCc2ccccc23)n1)NO. The number of hydroxylamine groups is 1. The fraction of sp³-hybridized carbons (Fsp3) is 0.261. The molecule has 0 radical (unpaired) electrons. The smallest absolute Gasteiger partial charge is 0.267 e. The van der Waals surface area contributed by atoms with E-state index in [2.05, 4.69) is 17.1 Å². The second-order valence-corrected chi connectivity index (χ2v) is 7.40. The van der Waals surface area contributed by atoms with Crippen LogP contribution in [-0.4, -0.2) is 40.0 Å². The van der Waals surface area contributed by atoms with Crippen LogP contribution in [-0.2, 0) is 26.5 Å². The summed E-state index contributed by atoms with van der Waals surface area (Å²) >= 11 is 0. The number of hydrogen-bond acceptors (Lipinski definition) is 5. The summed E-state index contributed by atoms with van der Waals surface area (Å²) in [7, 11) is 0. The maximum Gasteiger partial charge on any atom is 0.267 e. The van der Waals surface area contributed by atoms with E-state index in [1.54, 1.807) is 24.3 Å². The van der Waals surface area contributed by atoms with Crippen molar-refractivity contribution in [3.63, 3.8) is 0 Å². The maximum absolute atomic E-state index is 12.6. The first kappa shape index (κ1) is 20.0. The Morgan fingerprint density at radius 1 is 1.03 bits per heavy atom.